The van der Waals surface area contributed by atoms with Gasteiger partial charge in [-0.1, -0.05) is 0 Å². The van der Waals surface area contributed by atoms with Crippen LogP contribution < -0.4 is 10.6 Å². The molecule has 16 heavy (non-hydrogen) atoms. The molecule has 0 aromatic rings. The topological polar surface area (TPSA) is 33.3 Å². The minimum Gasteiger partial charge on any atom is -0.379 e. The van der Waals surface area contributed by atoms with Crippen molar-refractivity contribution in [2.24, 2.45) is 0 Å². The third-order valence-electron chi connectivity index (χ3n) is 3.03. The van der Waals surface area contributed by atoms with Gasteiger partial charge in [0.25, 0.3) is 0 Å². The maximum absolute atomic E-state index is 5.52. The van der Waals surface area contributed by atoms with Gasteiger partial charge in [0, 0.05) is 12.6 Å². The maximum Gasteiger partial charge on any atom is 0.0518 e. The summed E-state index contributed by atoms with van der Waals surface area (Å²) in [5.74, 6) is 0. The van der Waals surface area contributed by atoms with Gasteiger partial charge in [-0.3, -0.25) is 0 Å². The van der Waals surface area contributed by atoms with Gasteiger partial charge >= 0.3 is 0 Å². The van der Waals surface area contributed by atoms with Crippen LogP contribution in [0, 0.1) is 0 Å². The lowest BCUT2D eigenvalue weighted by Crippen LogP contribution is -2.30. The van der Waals surface area contributed by atoms with Gasteiger partial charge in [-0.25, -0.2) is 0 Å². The standard InChI is InChI=1S/C13H28N2O/c1-12(2)16-11-4-3-9-15-13-6-5-8-14-10-7-13/h12-15H,3-11H2,1-2H3. The molecule has 3 heteroatoms. The molecule has 1 heterocycles. The van der Waals surface area contributed by atoms with E-state index in [-0.39, 0.29) is 0 Å². The number of nitrogens with one attached hydrogen (secondary N) is 2. The molecule has 0 aromatic carbocycles. The third-order valence-corrected chi connectivity index (χ3v) is 3.03. The average Bonchev–Trinajstić information content (AvgIpc) is 2.51. The molecule has 2 N–H and O–H groups in total. The highest BCUT2D eigenvalue weighted by atomic mass is 16.5. The number of hydrogen-bond acceptors (Lipinski definition) is 3. The molecule has 0 bridgehead atoms. The minimum absolute atomic E-state index is 0.376. The Balaban J connectivity index is 1.89. The fraction of sp³-hybridized carbons (Fsp3) is 1.00. The van der Waals surface area contributed by atoms with Gasteiger partial charge in [-0.15, -0.1) is 0 Å². The van der Waals surface area contributed by atoms with Crippen molar-refractivity contribution in [2.45, 2.75) is 58.1 Å². The lowest BCUT2D eigenvalue weighted by molar-refractivity contribution is 0.0759. The Labute approximate surface area is 100 Å². The highest BCUT2D eigenvalue weighted by Gasteiger charge is 2.09. The molecule has 0 radical (unpaired) electrons. The molecule has 0 aromatic heterocycles. The van der Waals surface area contributed by atoms with Crippen LogP contribution >= 0.6 is 0 Å². The molecule has 1 fully saturated rings. The fourth-order valence-corrected chi connectivity index (χ4v) is 2.08. The average molecular weight is 228 g/mol. The Morgan fingerprint density at radius 2 is 2.12 bits per heavy atom. The molecule has 1 aliphatic rings. The van der Waals surface area contributed by atoms with Crippen molar-refractivity contribution in [3.05, 3.63) is 0 Å². The molecular weight excluding hydrogens is 200 g/mol. The predicted molar refractivity (Wildman–Crippen MR) is 68.8 cm³/mol. The zero-order valence-corrected chi connectivity index (χ0v) is 10.9. The molecule has 0 amide bonds. The predicted octanol–water partition coefficient (Wildman–Crippen LogP) is 1.92. The first-order valence-corrected chi connectivity index (χ1v) is 6.84. The van der Waals surface area contributed by atoms with Crippen LogP contribution in [0.4, 0.5) is 0 Å². The Kier molecular flexibility index (Phi) is 7.81. The highest BCUT2D eigenvalue weighted by Crippen LogP contribution is 2.05. The van der Waals surface area contributed by atoms with E-state index in [1.807, 2.05) is 0 Å². The van der Waals surface area contributed by atoms with Gasteiger partial charge < -0.3 is 15.4 Å². The molecule has 3 nitrogen and oxygen atoms in total. The first-order chi connectivity index (χ1) is 7.79. The Morgan fingerprint density at radius 1 is 1.25 bits per heavy atom. The monoisotopic (exact) mass is 228 g/mol. The quantitative estimate of drug-likeness (QED) is 0.653. The van der Waals surface area contributed by atoms with Crippen molar-refractivity contribution < 1.29 is 4.74 Å². The second-order valence-electron chi connectivity index (χ2n) is 4.96. The Bertz CT molecular complexity index is 154. The lowest BCUT2D eigenvalue weighted by atomic mass is 10.1. The van der Waals surface area contributed by atoms with Crippen molar-refractivity contribution >= 4 is 0 Å². The van der Waals surface area contributed by atoms with Gasteiger partial charge in [-0.05, 0) is 65.6 Å². The highest BCUT2D eigenvalue weighted by molar-refractivity contribution is 4.72. The Morgan fingerprint density at radius 3 is 2.94 bits per heavy atom. The van der Waals surface area contributed by atoms with Crippen molar-refractivity contribution in [3.8, 4) is 0 Å². The van der Waals surface area contributed by atoms with Crippen LogP contribution in [0.3, 0.4) is 0 Å². The SMILES string of the molecule is CC(C)OCCCCNC1CCCNCC1. The van der Waals surface area contributed by atoms with Crippen LogP contribution in [0.5, 0.6) is 0 Å². The molecule has 96 valence electrons. The first kappa shape index (κ1) is 13.9. The molecule has 0 aliphatic carbocycles. The third kappa shape index (κ3) is 7.20. The summed E-state index contributed by atoms with van der Waals surface area (Å²) in [5, 5.41) is 7.09. The Hall–Kier alpha value is -0.120. The summed E-state index contributed by atoms with van der Waals surface area (Å²) >= 11 is 0. The largest absolute Gasteiger partial charge is 0.379 e. The summed E-state index contributed by atoms with van der Waals surface area (Å²) in [6.07, 6.45) is 6.71. The summed E-state index contributed by atoms with van der Waals surface area (Å²) < 4.78 is 5.52. The fourth-order valence-electron chi connectivity index (χ4n) is 2.08. The van der Waals surface area contributed by atoms with Crippen molar-refractivity contribution in [1.82, 2.24) is 10.6 Å². The van der Waals surface area contributed by atoms with E-state index < -0.39 is 0 Å². The van der Waals surface area contributed by atoms with Crippen LogP contribution in [-0.4, -0.2) is 38.4 Å². The van der Waals surface area contributed by atoms with Crippen LogP contribution in [0.2, 0.25) is 0 Å². The molecule has 1 rings (SSSR count). The van der Waals surface area contributed by atoms with Crippen LogP contribution in [0.15, 0.2) is 0 Å². The van der Waals surface area contributed by atoms with E-state index in [0.717, 1.165) is 19.2 Å². The van der Waals surface area contributed by atoms with E-state index in [9.17, 15) is 0 Å². The lowest BCUT2D eigenvalue weighted by Gasteiger charge is -2.15. The zero-order chi connectivity index (χ0) is 11.6. The van der Waals surface area contributed by atoms with Crippen molar-refractivity contribution in [2.75, 3.05) is 26.2 Å². The normalized spacial score (nSPS) is 22.3. The smallest absolute Gasteiger partial charge is 0.0518 e. The molecular formula is C13H28N2O. The molecule has 1 atom stereocenters. The maximum atomic E-state index is 5.52. The molecule has 1 aliphatic heterocycles. The van der Waals surface area contributed by atoms with Gasteiger partial charge in [-0.2, -0.15) is 0 Å². The van der Waals surface area contributed by atoms with Gasteiger partial charge in [0.1, 0.15) is 0 Å². The second kappa shape index (κ2) is 8.97. The van der Waals surface area contributed by atoms with Crippen LogP contribution in [-0.2, 0) is 4.74 Å². The molecule has 0 saturated carbocycles. The molecule has 1 saturated heterocycles. The van der Waals surface area contributed by atoms with E-state index in [1.54, 1.807) is 0 Å². The number of ether oxygens (including phenoxy) is 1. The van der Waals surface area contributed by atoms with Gasteiger partial charge in [0.15, 0.2) is 0 Å². The van der Waals surface area contributed by atoms with E-state index in [0.29, 0.717) is 6.10 Å². The molecule has 1 unspecified atom stereocenters. The summed E-state index contributed by atoms with van der Waals surface area (Å²) in [5.41, 5.74) is 0. The van der Waals surface area contributed by atoms with E-state index in [2.05, 4.69) is 24.5 Å². The van der Waals surface area contributed by atoms with E-state index in [4.69, 9.17) is 4.74 Å². The summed E-state index contributed by atoms with van der Waals surface area (Å²) in [4.78, 5) is 0. The molecule has 0 spiro atoms. The zero-order valence-electron chi connectivity index (χ0n) is 10.9. The summed E-state index contributed by atoms with van der Waals surface area (Å²) in [6.45, 7) is 8.61. The number of rotatable bonds is 7. The number of hydrogen-bond donors (Lipinski definition) is 2. The van der Waals surface area contributed by atoms with Crippen LogP contribution in [0.1, 0.15) is 46.0 Å². The summed E-state index contributed by atoms with van der Waals surface area (Å²) in [6, 6.07) is 0.737. The van der Waals surface area contributed by atoms with Crippen LogP contribution in [0.25, 0.3) is 0 Å². The van der Waals surface area contributed by atoms with Crippen molar-refractivity contribution in [3.63, 3.8) is 0 Å². The minimum atomic E-state index is 0.376. The second-order valence-corrected chi connectivity index (χ2v) is 4.96. The summed E-state index contributed by atoms with van der Waals surface area (Å²) in [7, 11) is 0. The first-order valence-electron chi connectivity index (χ1n) is 6.84. The van der Waals surface area contributed by atoms with E-state index in [1.165, 1.54) is 45.2 Å². The van der Waals surface area contributed by atoms with Gasteiger partial charge in [0.05, 0.1) is 6.10 Å². The van der Waals surface area contributed by atoms with Gasteiger partial charge in [0.2, 0.25) is 0 Å². The van der Waals surface area contributed by atoms with Crippen molar-refractivity contribution in [1.29, 1.82) is 0 Å². The van der Waals surface area contributed by atoms with E-state index >= 15 is 0 Å². The number of unbranched alkanes of at least 4 members (excludes halogenated alkanes) is 1.